The van der Waals surface area contributed by atoms with Crippen LogP contribution in [0, 0.1) is 5.82 Å². The standard InChI is InChI=1S/C16H13ClFN3/c1-10(11(2)14-7-13(17)4-5-15(14)18)12-3-6-16-19-9-20-21(16)8-12/h3-9H,1-2H3/b11-10-. The van der Waals surface area contributed by atoms with Crippen LogP contribution in [0.2, 0.25) is 5.02 Å². The van der Waals surface area contributed by atoms with E-state index in [0.29, 0.717) is 10.6 Å². The number of hydrogen-bond acceptors (Lipinski definition) is 2. The monoisotopic (exact) mass is 301 g/mol. The summed E-state index contributed by atoms with van der Waals surface area (Å²) in [6.45, 7) is 3.84. The topological polar surface area (TPSA) is 30.2 Å². The number of hydrogen-bond donors (Lipinski definition) is 0. The molecule has 3 rings (SSSR count). The molecule has 3 nitrogen and oxygen atoms in total. The average Bonchev–Trinajstić information content (AvgIpc) is 2.95. The van der Waals surface area contributed by atoms with Crippen LogP contribution in [0.1, 0.15) is 25.0 Å². The first kappa shape index (κ1) is 13.8. The summed E-state index contributed by atoms with van der Waals surface area (Å²) in [6.07, 6.45) is 3.38. The normalized spacial score (nSPS) is 12.6. The minimum absolute atomic E-state index is 0.280. The van der Waals surface area contributed by atoms with E-state index in [-0.39, 0.29) is 5.82 Å². The lowest BCUT2D eigenvalue weighted by molar-refractivity contribution is 0.624. The van der Waals surface area contributed by atoms with Crippen LogP contribution in [-0.2, 0) is 0 Å². The van der Waals surface area contributed by atoms with Gasteiger partial charge in [0.05, 0.1) is 0 Å². The quantitative estimate of drug-likeness (QED) is 0.699. The second kappa shape index (κ2) is 5.30. The molecule has 2 heterocycles. The highest BCUT2D eigenvalue weighted by molar-refractivity contribution is 6.30. The zero-order valence-electron chi connectivity index (χ0n) is 11.6. The summed E-state index contributed by atoms with van der Waals surface area (Å²) in [5.74, 6) is -0.280. The van der Waals surface area contributed by atoms with E-state index in [1.807, 2.05) is 32.2 Å². The van der Waals surface area contributed by atoms with Gasteiger partial charge in [0.15, 0.2) is 5.65 Å². The predicted octanol–water partition coefficient (Wildman–Crippen LogP) is 4.47. The molecule has 1 aromatic carbocycles. The third-order valence-electron chi connectivity index (χ3n) is 3.60. The number of halogens is 2. The largest absolute Gasteiger partial charge is 0.221 e. The maximum absolute atomic E-state index is 14.0. The van der Waals surface area contributed by atoms with Crippen molar-refractivity contribution in [3.63, 3.8) is 0 Å². The van der Waals surface area contributed by atoms with Crippen LogP contribution in [-0.4, -0.2) is 14.6 Å². The summed E-state index contributed by atoms with van der Waals surface area (Å²) < 4.78 is 15.7. The van der Waals surface area contributed by atoms with Gasteiger partial charge in [0, 0.05) is 16.8 Å². The molecular formula is C16H13ClFN3. The highest BCUT2D eigenvalue weighted by Crippen LogP contribution is 2.29. The third-order valence-corrected chi connectivity index (χ3v) is 3.84. The summed E-state index contributed by atoms with van der Waals surface area (Å²) in [4.78, 5) is 4.11. The lowest BCUT2D eigenvalue weighted by Gasteiger charge is -2.10. The maximum Gasteiger partial charge on any atom is 0.155 e. The first-order chi connectivity index (χ1) is 10.1. The first-order valence-corrected chi connectivity index (χ1v) is 6.87. The number of fused-ring (bicyclic) bond motifs is 1. The molecule has 106 valence electrons. The number of nitrogens with zero attached hydrogens (tertiary/aromatic N) is 3. The highest BCUT2D eigenvalue weighted by Gasteiger charge is 2.10. The molecule has 0 radical (unpaired) electrons. The average molecular weight is 302 g/mol. The molecule has 5 heteroatoms. The van der Waals surface area contributed by atoms with Gasteiger partial charge in [0.25, 0.3) is 0 Å². The van der Waals surface area contributed by atoms with Gasteiger partial charge in [-0.1, -0.05) is 11.6 Å². The Balaban J connectivity index is 2.13. The molecule has 0 atom stereocenters. The van der Waals surface area contributed by atoms with Crippen molar-refractivity contribution in [3.8, 4) is 0 Å². The van der Waals surface area contributed by atoms with Gasteiger partial charge in [0.1, 0.15) is 12.1 Å². The molecule has 0 spiro atoms. The number of allylic oxidation sites excluding steroid dienone is 2. The number of rotatable bonds is 2. The fourth-order valence-corrected chi connectivity index (χ4v) is 2.41. The second-order valence-corrected chi connectivity index (χ2v) is 5.29. The van der Waals surface area contributed by atoms with Crippen LogP contribution in [0.25, 0.3) is 16.8 Å². The Morgan fingerprint density at radius 3 is 2.76 bits per heavy atom. The Morgan fingerprint density at radius 1 is 1.14 bits per heavy atom. The molecule has 0 aliphatic heterocycles. The molecule has 0 fully saturated rings. The number of benzene rings is 1. The Kier molecular flexibility index (Phi) is 3.47. The summed E-state index contributed by atoms with van der Waals surface area (Å²) in [6, 6.07) is 8.40. The van der Waals surface area contributed by atoms with Crippen LogP contribution in [0.5, 0.6) is 0 Å². The van der Waals surface area contributed by atoms with Crippen molar-refractivity contribution >= 4 is 28.4 Å². The second-order valence-electron chi connectivity index (χ2n) is 4.85. The van der Waals surface area contributed by atoms with E-state index >= 15 is 0 Å². The zero-order valence-corrected chi connectivity index (χ0v) is 12.4. The number of pyridine rings is 1. The molecule has 2 aromatic heterocycles. The van der Waals surface area contributed by atoms with Crippen molar-refractivity contribution in [1.82, 2.24) is 14.6 Å². The van der Waals surface area contributed by atoms with Crippen molar-refractivity contribution in [2.45, 2.75) is 13.8 Å². The van der Waals surface area contributed by atoms with Crippen molar-refractivity contribution in [2.24, 2.45) is 0 Å². The molecule has 0 aliphatic rings. The molecule has 0 unspecified atom stereocenters. The summed E-state index contributed by atoms with van der Waals surface area (Å²) in [5, 5.41) is 4.63. The van der Waals surface area contributed by atoms with Crippen LogP contribution in [0.3, 0.4) is 0 Å². The van der Waals surface area contributed by atoms with E-state index in [1.54, 1.807) is 16.6 Å². The molecule has 0 saturated heterocycles. The van der Waals surface area contributed by atoms with Gasteiger partial charge in [0.2, 0.25) is 0 Å². The molecule has 21 heavy (non-hydrogen) atoms. The lowest BCUT2D eigenvalue weighted by atomic mass is 9.98. The Morgan fingerprint density at radius 2 is 1.95 bits per heavy atom. The molecule has 3 aromatic rings. The fourth-order valence-electron chi connectivity index (χ4n) is 2.24. The fraction of sp³-hybridized carbons (Fsp3) is 0.125. The van der Waals surface area contributed by atoms with Crippen LogP contribution in [0.4, 0.5) is 4.39 Å². The number of aromatic nitrogens is 3. The molecule has 0 bridgehead atoms. The van der Waals surface area contributed by atoms with Crippen LogP contribution in [0.15, 0.2) is 42.9 Å². The van der Waals surface area contributed by atoms with E-state index < -0.39 is 0 Å². The van der Waals surface area contributed by atoms with Gasteiger partial charge < -0.3 is 0 Å². The van der Waals surface area contributed by atoms with Gasteiger partial charge in [-0.25, -0.2) is 13.9 Å². The smallest absolute Gasteiger partial charge is 0.155 e. The highest BCUT2D eigenvalue weighted by atomic mass is 35.5. The van der Waals surface area contributed by atoms with E-state index in [4.69, 9.17) is 11.6 Å². The van der Waals surface area contributed by atoms with Gasteiger partial charge in [-0.15, -0.1) is 0 Å². The predicted molar refractivity (Wildman–Crippen MR) is 82.6 cm³/mol. The Hall–Kier alpha value is -2.20. The van der Waals surface area contributed by atoms with E-state index in [0.717, 1.165) is 22.4 Å². The van der Waals surface area contributed by atoms with Gasteiger partial charge >= 0.3 is 0 Å². The SMILES string of the molecule is C/C(=C(\C)c1cc(Cl)ccc1F)c1ccc2ncnn2c1. The van der Waals surface area contributed by atoms with Crippen molar-refractivity contribution in [3.05, 3.63) is 64.8 Å². The molecule has 0 aliphatic carbocycles. The van der Waals surface area contributed by atoms with E-state index in [1.165, 1.54) is 12.4 Å². The Labute approximate surface area is 126 Å². The molecule has 0 saturated carbocycles. The molecule has 0 N–H and O–H groups in total. The van der Waals surface area contributed by atoms with Gasteiger partial charge in [-0.2, -0.15) is 5.10 Å². The van der Waals surface area contributed by atoms with E-state index in [9.17, 15) is 4.39 Å². The van der Waals surface area contributed by atoms with Gasteiger partial charge in [-0.05, 0) is 60.9 Å². The van der Waals surface area contributed by atoms with Gasteiger partial charge in [-0.3, -0.25) is 0 Å². The third kappa shape index (κ3) is 2.54. The molecular weight excluding hydrogens is 289 g/mol. The van der Waals surface area contributed by atoms with Crippen LogP contribution < -0.4 is 0 Å². The lowest BCUT2D eigenvalue weighted by Crippen LogP contribution is -1.94. The van der Waals surface area contributed by atoms with Crippen LogP contribution >= 0.6 is 11.6 Å². The van der Waals surface area contributed by atoms with Crippen molar-refractivity contribution in [2.75, 3.05) is 0 Å². The maximum atomic E-state index is 14.0. The van der Waals surface area contributed by atoms with Crippen molar-refractivity contribution < 1.29 is 4.39 Å². The van der Waals surface area contributed by atoms with Crippen molar-refractivity contribution in [1.29, 1.82) is 0 Å². The Bertz CT molecular complexity index is 852. The first-order valence-electron chi connectivity index (χ1n) is 6.49. The summed E-state index contributed by atoms with van der Waals surface area (Å²) >= 11 is 5.96. The van der Waals surface area contributed by atoms with E-state index in [2.05, 4.69) is 10.1 Å². The summed E-state index contributed by atoms with van der Waals surface area (Å²) in [5.41, 5.74) is 4.06. The minimum atomic E-state index is -0.280. The zero-order chi connectivity index (χ0) is 15.0. The minimum Gasteiger partial charge on any atom is -0.221 e. The summed E-state index contributed by atoms with van der Waals surface area (Å²) in [7, 11) is 0. The molecule has 0 amide bonds.